The van der Waals surface area contributed by atoms with Gasteiger partial charge in [-0.2, -0.15) is 0 Å². The molecule has 1 atom stereocenters. The van der Waals surface area contributed by atoms with Crippen molar-refractivity contribution in [3.63, 3.8) is 0 Å². The molecule has 4 aromatic rings. The molecule has 0 aliphatic carbocycles. The van der Waals surface area contributed by atoms with Gasteiger partial charge in [-0.25, -0.2) is 4.98 Å². The second kappa shape index (κ2) is 8.68. The van der Waals surface area contributed by atoms with E-state index < -0.39 is 6.10 Å². The Balaban J connectivity index is 1.39. The van der Waals surface area contributed by atoms with Gasteiger partial charge in [-0.1, -0.05) is 41.6 Å². The fraction of sp³-hybridized carbons (Fsp3) is 0.182. The molecule has 0 bridgehead atoms. The summed E-state index contributed by atoms with van der Waals surface area (Å²) < 4.78 is 13.8. The van der Waals surface area contributed by atoms with Gasteiger partial charge in [0.05, 0.1) is 16.7 Å². The maximum Gasteiger partial charge on any atom is 0.258 e. The molecule has 1 unspecified atom stereocenters. The summed E-state index contributed by atoms with van der Waals surface area (Å²) in [6, 6.07) is 12.6. The molecule has 10 heteroatoms. The summed E-state index contributed by atoms with van der Waals surface area (Å²) in [7, 11) is 0. The SMILES string of the molecule is C=CCn1c(SCc2nc3ccc(Cl)cc3c(=O)[nH]2)nnc1C1COc2ccccc2O1. The van der Waals surface area contributed by atoms with Gasteiger partial charge in [-0.05, 0) is 30.3 Å². The second-order valence-corrected chi connectivity index (χ2v) is 8.45. The van der Waals surface area contributed by atoms with Crippen LogP contribution in [-0.4, -0.2) is 31.3 Å². The van der Waals surface area contributed by atoms with E-state index in [1.54, 1.807) is 24.3 Å². The third-order valence-corrected chi connectivity index (χ3v) is 6.12. The molecular weight excluding hydrogens is 450 g/mol. The molecule has 0 saturated carbocycles. The van der Waals surface area contributed by atoms with Gasteiger partial charge in [-0.15, -0.1) is 16.8 Å². The van der Waals surface area contributed by atoms with Crippen LogP contribution in [0.5, 0.6) is 11.5 Å². The quantitative estimate of drug-likeness (QED) is 0.336. The fourth-order valence-corrected chi connectivity index (χ4v) is 4.45. The van der Waals surface area contributed by atoms with Crippen molar-refractivity contribution in [3.8, 4) is 11.5 Å². The molecule has 0 radical (unpaired) electrons. The van der Waals surface area contributed by atoms with Crippen LogP contribution in [0.15, 0.2) is 65.1 Å². The number of fused-ring (bicyclic) bond motifs is 2. The minimum absolute atomic E-state index is 0.229. The summed E-state index contributed by atoms with van der Waals surface area (Å²) in [5, 5.41) is 10.3. The number of allylic oxidation sites excluding steroid dienone is 1. The van der Waals surface area contributed by atoms with Crippen molar-refractivity contribution in [2.75, 3.05) is 6.61 Å². The number of hydrogen-bond donors (Lipinski definition) is 1. The summed E-state index contributed by atoms with van der Waals surface area (Å²) in [4.78, 5) is 19.7. The number of halogens is 1. The van der Waals surface area contributed by atoms with Crippen molar-refractivity contribution >= 4 is 34.3 Å². The molecule has 2 aromatic heterocycles. The maximum atomic E-state index is 12.4. The third-order valence-electron chi connectivity index (χ3n) is 4.91. The first-order chi connectivity index (χ1) is 15.6. The van der Waals surface area contributed by atoms with E-state index in [1.165, 1.54) is 11.8 Å². The highest BCUT2D eigenvalue weighted by Gasteiger charge is 2.28. The van der Waals surface area contributed by atoms with Gasteiger partial charge in [-0.3, -0.25) is 9.36 Å². The van der Waals surface area contributed by atoms with Gasteiger partial charge in [0.2, 0.25) is 0 Å². The van der Waals surface area contributed by atoms with Crippen molar-refractivity contribution in [3.05, 3.63) is 82.1 Å². The lowest BCUT2D eigenvalue weighted by Crippen LogP contribution is -2.25. The number of rotatable bonds is 6. The first kappa shape index (κ1) is 20.6. The number of ether oxygens (including phenoxy) is 2. The molecule has 162 valence electrons. The van der Waals surface area contributed by atoms with Gasteiger partial charge < -0.3 is 14.5 Å². The molecule has 1 N–H and O–H groups in total. The molecule has 0 saturated heterocycles. The Morgan fingerprint density at radius 2 is 2.09 bits per heavy atom. The lowest BCUT2D eigenvalue weighted by Gasteiger charge is -2.26. The molecule has 1 aliphatic heterocycles. The number of aromatic amines is 1. The van der Waals surface area contributed by atoms with E-state index in [1.807, 2.05) is 28.8 Å². The molecule has 1 aliphatic rings. The Hall–Kier alpha value is -3.30. The van der Waals surface area contributed by atoms with Crippen molar-refractivity contribution in [1.82, 2.24) is 24.7 Å². The Morgan fingerprint density at radius 1 is 1.25 bits per heavy atom. The Bertz CT molecular complexity index is 1370. The monoisotopic (exact) mass is 467 g/mol. The number of aromatic nitrogens is 5. The molecule has 0 spiro atoms. The van der Waals surface area contributed by atoms with E-state index in [0.717, 1.165) is 0 Å². The second-order valence-electron chi connectivity index (χ2n) is 7.07. The summed E-state index contributed by atoms with van der Waals surface area (Å²) in [5.74, 6) is 2.98. The Kier molecular flexibility index (Phi) is 5.59. The topological polar surface area (TPSA) is 94.9 Å². The number of para-hydroxylation sites is 2. The minimum atomic E-state index is -0.393. The zero-order valence-electron chi connectivity index (χ0n) is 16.8. The molecule has 8 nitrogen and oxygen atoms in total. The average Bonchev–Trinajstić information content (AvgIpc) is 3.20. The van der Waals surface area contributed by atoms with Crippen molar-refractivity contribution in [2.45, 2.75) is 23.6 Å². The van der Waals surface area contributed by atoms with Gasteiger partial charge >= 0.3 is 0 Å². The van der Waals surface area contributed by atoms with E-state index >= 15 is 0 Å². The van der Waals surface area contributed by atoms with E-state index in [0.29, 0.717) is 63.1 Å². The van der Waals surface area contributed by atoms with Crippen LogP contribution in [0.2, 0.25) is 5.02 Å². The van der Waals surface area contributed by atoms with Crippen LogP contribution >= 0.6 is 23.4 Å². The van der Waals surface area contributed by atoms with Crippen LogP contribution in [0.1, 0.15) is 17.8 Å². The summed E-state index contributed by atoms with van der Waals surface area (Å²) in [6.45, 7) is 4.68. The predicted molar refractivity (Wildman–Crippen MR) is 122 cm³/mol. The number of nitrogens with zero attached hydrogens (tertiary/aromatic N) is 4. The summed E-state index contributed by atoms with van der Waals surface area (Å²) in [5.41, 5.74) is 0.362. The number of H-pyrrole nitrogens is 1. The summed E-state index contributed by atoms with van der Waals surface area (Å²) in [6.07, 6.45) is 1.38. The number of hydrogen-bond acceptors (Lipinski definition) is 7. The minimum Gasteiger partial charge on any atom is -0.485 e. The first-order valence-corrected chi connectivity index (χ1v) is 11.2. The maximum absolute atomic E-state index is 12.4. The highest BCUT2D eigenvalue weighted by atomic mass is 35.5. The van der Waals surface area contributed by atoms with Gasteiger partial charge in [0.25, 0.3) is 5.56 Å². The summed E-state index contributed by atoms with van der Waals surface area (Å²) >= 11 is 7.40. The van der Waals surface area contributed by atoms with Crippen LogP contribution in [0.3, 0.4) is 0 Å². The van der Waals surface area contributed by atoms with Crippen molar-refractivity contribution in [1.29, 1.82) is 0 Å². The van der Waals surface area contributed by atoms with E-state index in [4.69, 9.17) is 21.1 Å². The van der Waals surface area contributed by atoms with Crippen LogP contribution < -0.4 is 15.0 Å². The highest BCUT2D eigenvalue weighted by molar-refractivity contribution is 7.98. The molecule has 0 fully saturated rings. The molecular formula is C22H18ClN5O3S. The first-order valence-electron chi connectivity index (χ1n) is 9.86. The molecule has 3 heterocycles. The van der Waals surface area contributed by atoms with Crippen LogP contribution in [-0.2, 0) is 12.3 Å². The molecule has 0 amide bonds. The Labute approximate surface area is 192 Å². The Morgan fingerprint density at radius 3 is 2.94 bits per heavy atom. The van der Waals surface area contributed by atoms with Crippen LogP contribution in [0.4, 0.5) is 0 Å². The molecule has 2 aromatic carbocycles. The normalized spacial score (nSPS) is 15.1. The third kappa shape index (κ3) is 3.96. The molecule has 5 rings (SSSR count). The smallest absolute Gasteiger partial charge is 0.258 e. The fourth-order valence-electron chi connectivity index (χ4n) is 3.45. The van der Waals surface area contributed by atoms with Gasteiger partial charge in [0.1, 0.15) is 12.4 Å². The molecule has 32 heavy (non-hydrogen) atoms. The predicted octanol–water partition coefficient (Wildman–Crippen LogP) is 4.16. The van der Waals surface area contributed by atoms with Gasteiger partial charge in [0.15, 0.2) is 28.6 Å². The van der Waals surface area contributed by atoms with Crippen LogP contribution in [0, 0.1) is 0 Å². The van der Waals surface area contributed by atoms with E-state index in [2.05, 4.69) is 26.7 Å². The highest BCUT2D eigenvalue weighted by Crippen LogP contribution is 2.36. The lowest BCUT2D eigenvalue weighted by molar-refractivity contribution is 0.0821. The van der Waals surface area contributed by atoms with E-state index in [9.17, 15) is 4.79 Å². The lowest BCUT2D eigenvalue weighted by atomic mass is 10.2. The number of nitrogens with one attached hydrogen (secondary N) is 1. The van der Waals surface area contributed by atoms with Crippen molar-refractivity contribution < 1.29 is 9.47 Å². The average molecular weight is 468 g/mol. The largest absolute Gasteiger partial charge is 0.485 e. The van der Waals surface area contributed by atoms with Crippen molar-refractivity contribution in [2.24, 2.45) is 0 Å². The van der Waals surface area contributed by atoms with E-state index in [-0.39, 0.29) is 5.56 Å². The number of thioether (sulfide) groups is 1. The zero-order chi connectivity index (χ0) is 22.1. The van der Waals surface area contributed by atoms with Crippen LogP contribution in [0.25, 0.3) is 10.9 Å². The zero-order valence-corrected chi connectivity index (χ0v) is 18.4. The standard InChI is InChI=1S/C22H18ClN5O3S/c1-2-9-28-20(18-11-30-16-5-3-4-6-17(16)31-18)26-27-22(28)32-12-19-24-15-8-7-13(23)10-14(15)21(29)25-19/h2-8,10,18H,1,9,11-12H2,(H,24,25,29). The number of benzene rings is 2. The van der Waals surface area contributed by atoms with Gasteiger partial charge in [0, 0.05) is 11.6 Å².